The standard InChI is InChI=1S/C22H27NO3/c1-17-9-6-7-12-20(17)25-14-8-13-22(24)23-15-18(2)26-21(16-23)19-10-4-3-5-11-19/h3-7,9-12,18,21H,8,13-16H2,1-2H3. The maximum atomic E-state index is 12.6. The number of carbonyl (C=O) groups excluding carboxylic acids is 1. The number of aryl methyl sites for hydroxylation is 1. The number of carbonyl (C=O) groups is 1. The van der Waals surface area contributed by atoms with Crippen molar-refractivity contribution in [2.75, 3.05) is 19.7 Å². The summed E-state index contributed by atoms with van der Waals surface area (Å²) in [4.78, 5) is 14.5. The number of hydrogen-bond acceptors (Lipinski definition) is 3. The summed E-state index contributed by atoms with van der Waals surface area (Å²) in [5.41, 5.74) is 2.24. The Hall–Kier alpha value is -2.33. The van der Waals surface area contributed by atoms with Crippen LogP contribution in [0.5, 0.6) is 5.75 Å². The predicted octanol–water partition coefficient (Wildman–Crippen LogP) is 4.14. The summed E-state index contributed by atoms with van der Waals surface area (Å²) >= 11 is 0. The first-order valence-corrected chi connectivity index (χ1v) is 9.30. The Morgan fingerprint density at radius 1 is 1.12 bits per heavy atom. The van der Waals surface area contributed by atoms with E-state index in [2.05, 4.69) is 12.1 Å². The molecule has 0 aliphatic carbocycles. The number of benzene rings is 2. The van der Waals surface area contributed by atoms with Crippen LogP contribution in [0.2, 0.25) is 0 Å². The Morgan fingerprint density at radius 2 is 1.85 bits per heavy atom. The first-order valence-electron chi connectivity index (χ1n) is 9.30. The maximum Gasteiger partial charge on any atom is 0.222 e. The summed E-state index contributed by atoms with van der Waals surface area (Å²) < 4.78 is 11.8. The van der Waals surface area contributed by atoms with Crippen LogP contribution in [-0.4, -0.2) is 36.6 Å². The molecule has 0 bridgehead atoms. The summed E-state index contributed by atoms with van der Waals surface area (Å²) in [7, 11) is 0. The van der Waals surface area contributed by atoms with Crippen LogP contribution in [0.3, 0.4) is 0 Å². The zero-order chi connectivity index (χ0) is 18.4. The summed E-state index contributed by atoms with van der Waals surface area (Å²) in [6.45, 7) is 5.88. The molecule has 1 saturated heterocycles. The van der Waals surface area contributed by atoms with Gasteiger partial charge in [0, 0.05) is 13.0 Å². The van der Waals surface area contributed by atoms with E-state index in [1.165, 1.54) is 0 Å². The van der Waals surface area contributed by atoms with Crippen molar-refractivity contribution < 1.29 is 14.3 Å². The molecule has 1 heterocycles. The van der Waals surface area contributed by atoms with Crippen LogP contribution in [0.15, 0.2) is 54.6 Å². The number of ether oxygens (including phenoxy) is 2. The van der Waals surface area contributed by atoms with E-state index in [9.17, 15) is 4.79 Å². The zero-order valence-electron chi connectivity index (χ0n) is 15.6. The second kappa shape index (κ2) is 8.86. The average Bonchev–Trinajstić information content (AvgIpc) is 2.66. The molecular weight excluding hydrogens is 326 g/mol. The highest BCUT2D eigenvalue weighted by Gasteiger charge is 2.28. The fraction of sp³-hybridized carbons (Fsp3) is 0.409. The van der Waals surface area contributed by atoms with Gasteiger partial charge in [-0.1, -0.05) is 48.5 Å². The lowest BCUT2D eigenvalue weighted by Crippen LogP contribution is -2.46. The molecule has 1 aliphatic rings. The number of rotatable bonds is 6. The van der Waals surface area contributed by atoms with Gasteiger partial charge in [0.15, 0.2) is 0 Å². The van der Waals surface area contributed by atoms with Crippen LogP contribution >= 0.6 is 0 Å². The van der Waals surface area contributed by atoms with Gasteiger partial charge in [-0.3, -0.25) is 4.79 Å². The molecule has 0 aromatic heterocycles. The summed E-state index contributed by atoms with van der Waals surface area (Å²) in [6.07, 6.45) is 1.21. The average molecular weight is 353 g/mol. The summed E-state index contributed by atoms with van der Waals surface area (Å²) in [5, 5.41) is 0. The molecule has 2 unspecified atom stereocenters. The third kappa shape index (κ3) is 4.85. The number of amides is 1. The van der Waals surface area contributed by atoms with Gasteiger partial charge in [0.25, 0.3) is 0 Å². The van der Waals surface area contributed by atoms with E-state index in [0.717, 1.165) is 23.3 Å². The monoisotopic (exact) mass is 353 g/mol. The predicted molar refractivity (Wildman–Crippen MR) is 102 cm³/mol. The van der Waals surface area contributed by atoms with Crippen LogP contribution in [-0.2, 0) is 9.53 Å². The van der Waals surface area contributed by atoms with Crippen molar-refractivity contribution in [1.29, 1.82) is 0 Å². The van der Waals surface area contributed by atoms with Crippen molar-refractivity contribution in [3.05, 3.63) is 65.7 Å². The van der Waals surface area contributed by atoms with Gasteiger partial charge in [-0.05, 0) is 37.5 Å². The Bertz CT molecular complexity index is 716. The van der Waals surface area contributed by atoms with Gasteiger partial charge in [0.05, 0.1) is 19.3 Å². The molecule has 1 amide bonds. The minimum absolute atomic E-state index is 0.0427. The highest BCUT2D eigenvalue weighted by molar-refractivity contribution is 5.76. The second-order valence-electron chi connectivity index (χ2n) is 6.86. The highest BCUT2D eigenvalue weighted by Crippen LogP contribution is 2.25. The molecule has 0 spiro atoms. The largest absolute Gasteiger partial charge is 0.493 e. The van der Waals surface area contributed by atoms with Crippen molar-refractivity contribution in [3.8, 4) is 5.75 Å². The van der Waals surface area contributed by atoms with Gasteiger partial charge in [0.2, 0.25) is 5.91 Å². The molecule has 1 fully saturated rings. The SMILES string of the molecule is Cc1ccccc1OCCCC(=O)N1CC(C)OC(c2ccccc2)C1. The second-order valence-corrected chi connectivity index (χ2v) is 6.86. The fourth-order valence-corrected chi connectivity index (χ4v) is 3.29. The molecule has 3 rings (SSSR count). The number of hydrogen-bond donors (Lipinski definition) is 0. The summed E-state index contributed by atoms with van der Waals surface area (Å²) in [6, 6.07) is 18.1. The van der Waals surface area contributed by atoms with Gasteiger partial charge in [-0.25, -0.2) is 0 Å². The Kier molecular flexibility index (Phi) is 6.29. The number of morpholine rings is 1. The highest BCUT2D eigenvalue weighted by atomic mass is 16.5. The Balaban J connectivity index is 1.48. The normalized spacial score (nSPS) is 20.0. The lowest BCUT2D eigenvalue weighted by Gasteiger charge is -2.37. The molecular formula is C22H27NO3. The van der Waals surface area contributed by atoms with E-state index >= 15 is 0 Å². The Morgan fingerprint density at radius 3 is 2.62 bits per heavy atom. The first kappa shape index (κ1) is 18.5. The lowest BCUT2D eigenvalue weighted by atomic mass is 10.1. The Labute approximate surface area is 155 Å². The minimum atomic E-state index is -0.0490. The fourth-order valence-electron chi connectivity index (χ4n) is 3.29. The zero-order valence-corrected chi connectivity index (χ0v) is 15.6. The van der Waals surface area contributed by atoms with E-state index in [1.54, 1.807) is 0 Å². The molecule has 0 radical (unpaired) electrons. The van der Waals surface area contributed by atoms with Crippen LogP contribution in [0.4, 0.5) is 0 Å². The van der Waals surface area contributed by atoms with Gasteiger partial charge < -0.3 is 14.4 Å². The first-order chi connectivity index (χ1) is 12.6. The van der Waals surface area contributed by atoms with Gasteiger partial charge in [0.1, 0.15) is 11.9 Å². The van der Waals surface area contributed by atoms with Crippen LogP contribution in [0.1, 0.15) is 37.0 Å². The molecule has 1 aliphatic heterocycles. The van der Waals surface area contributed by atoms with E-state index in [4.69, 9.17) is 9.47 Å². The van der Waals surface area contributed by atoms with Gasteiger partial charge in [-0.15, -0.1) is 0 Å². The molecule has 0 saturated carbocycles. The van der Waals surface area contributed by atoms with Crippen LogP contribution in [0, 0.1) is 6.92 Å². The van der Waals surface area contributed by atoms with Crippen molar-refractivity contribution in [2.24, 2.45) is 0 Å². The van der Waals surface area contributed by atoms with Crippen molar-refractivity contribution in [2.45, 2.75) is 38.9 Å². The van der Waals surface area contributed by atoms with Gasteiger partial charge >= 0.3 is 0 Å². The molecule has 2 aromatic rings. The molecule has 138 valence electrons. The number of nitrogens with zero attached hydrogens (tertiary/aromatic N) is 1. The third-order valence-corrected chi connectivity index (χ3v) is 4.67. The molecule has 26 heavy (non-hydrogen) atoms. The number of para-hydroxylation sites is 1. The van der Waals surface area contributed by atoms with Crippen molar-refractivity contribution in [1.82, 2.24) is 4.90 Å². The molecule has 4 nitrogen and oxygen atoms in total. The van der Waals surface area contributed by atoms with Crippen molar-refractivity contribution >= 4 is 5.91 Å². The molecule has 0 N–H and O–H groups in total. The molecule has 2 aromatic carbocycles. The molecule has 2 atom stereocenters. The third-order valence-electron chi connectivity index (χ3n) is 4.67. The van der Waals surface area contributed by atoms with E-state index in [1.807, 2.05) is 61.2 Å². The lowest BCUT2D eigenvalue weighted by molar-refractivity contribution is -0.145. The topological polar surface area (TPSA) is 38.8 Å². The van der Waals surface area contributed by atoms with E-state index < -0.39 is 0 Å². The maximum absolute atomic E-state index is 12.6. The van der Waals surface area contributed by atoms with Crippen molar-refractivity contribution in [3.63, 3.8) is 0 Å². The smallest absolute Gasteiger partial charge is 0.222 e. The molecule has 4 heteroatoms. The summed E-state index contributed by atoms with van der Waals surface area (Å²) in [5.74, 6) is 1.07. The van der Waals surface area contributed by atoms with E-state index in [0.29, 0.717) is 26.1 Å². The van der Waals surface area contributed by atoms with Crippen LogP contribution < -0.4 is 4.74 Å². The van der Waals surface area contributed by atoms with Crippen LogP contribution in [0.25, 0.3) is 0 Å². The van der Waals surface area contributed by atoms with E-state index in [-0.39, 0.29) is 18.1 Å². The quantitative estimate of drug-likeness (QED) is 0.733. The minimum Gasteiger partial charge on any atom is -0.493 e. The van der Waals surface area contributed by atoms with Gasteiger partial charge in [-0.2, -0.15) is 0 Å².